The summed E-state index contributed by atoms with van der Waals surface area (Å²) < 4.78 is 5.31. The van der Waals surface area contributed by atoms with E-state index in [0.717, 1.165) is 18.2 Å². The van der Waals surface area contributed by atoms with Gasteiger partial charge < -0.3 is 9.73 Å². The lowest BCUT2D eigenvalue weighted by molar-refractivity contribution is 0.0902. The van der Waals surface area contributed by atoms with Crippen molar-refractivity contribution >= 4 is 21.8 Å². The zero-order valence-electron chi connectivity index (χ0n) is 11.5. The second-order valence-corrected chi connectivity index (χ2v) is 5.23. The van der Waals surface area contributed by atoms with Crippen molar-refractivity contribution in [3.05, 3.63) is 17.3 Å². The summed E-state index contributed by atoms with van der Waals surface area (Å²) in [7, 11) is 0. The van der Waals surface area contributed by atoms with Gasteiger partial charge in [-0.2, -0.15) is 0 Å². The SMILES string of the molecule is CCC(CC)(CBr)CNC(=O)c1oc(C)nc1C. The molecule has 0 fully saturated rings. The van der Waals surface area contributed by atoms with Crippen molar-refractivity contribution in [1.82, 2.24) is 10.3 Å². The van der Waals surface area contributed by atoms with Crippen molar-refractivity contribution < 1.29 is 9.21 Å². The number of carbonyl (C=O) groups excluding carboxylic acids is 1. The fourth-order valence-electron chi connectivity index (χ4n) is 1.83. The smallest absolute Gasteiger partial charge is 0.289 e. The second-order valence-electron chi connectivity index (χ2n) is 4.67. The van der Waals surface area contributed by atoms with Gasteiger partial charge in [-0.15, -0.1) is 0 Å². The van der Waals surface area contributed by atoms with E-state index in [9.17, 15) is 4.79 Å². The molecule has 102 valence electrons. The molecular formula is C13H21BrN2O2. The van der Waals surface area contributed by atoms with Crippen LogP contribution in [0.5, 0.6) is 0 Å². The van der Waals surface area contributed by atoms with Crippen LogP contribution < -0.4 is 5.32 Å². The van der Waals surface area contributed by atoms with Crippen molar-refractivity contribution in [2.45, 2.75) is 40.5 Å². The highest BCUT2D eigenvalue weighted by molar-refractivity contribution is 9.09. The highest BCUT2D eigenvalue weighted by Gasteiger charge is 2.26. The van der Waals surface area contributed by atoms with Gasteiger partial charge in [-0.1, -0.05) is 29.8 Å². The van der Waals surface area contributed by atoms with Crippen LogP contribution in [0.3, 0.4) is 0 Å². The summed E-state index contributed by atoms with van der Waals surface area (Å²) in [6.45, 7) is 8.44. The molecule has 0 aromatic carbocycles. The molecule has 1 N–H and O–H groups in total. The van der Waals surface area contributed by atoms with E-state index < -0.39 is 0 Å². The number of nitrogens with one attached hydrogen (secondary N) is 1. The summed E-state index contributed by atoms with van der Waals surface area (Å²) in [5, 5.41) is 3.82. The van der Waals surface area contributed by atoms with Gasteiger partial charge in [-0.3, -0.25) is 4.79 Å². The fraction of sp³-hybridized carbons (Fsp3) is 0.692. The largest absolute Gasteiger partial charge is 0.436 e. The van der Waals surface area contributed by atoms with Crippen LogP contribution in [0.1, 0.15) is 48.8 Å². The van der Waals surface area contributed by atoms with E-state index in [1.54, 1.807) is 13.8 Å². The van der Waals surface area contributed by atoms with E-state index in [2.05, 4.69) is 40.1 Å². The molecule has 4 nitrogen and oxygen atoms in total. The molecule has 5 heteroatoms. The molecule has 0 aliphatic heterocycles. The third-order valence-electron chi connectivity index (χ3n) is 3.52. The number of hydrogen-bond acceptors (Lipinski definition) is 3. The zero-order chi connectivity index (χ0) is 13.8. The van der Waals surface area contributed by atoms with Crippen LogP contribution in [0, 0.1) is 19.3 Å². The molecule has 0 radical (unpaired) electrons. The van der Waals surface area contributed by atoms with Gasteiger partial charge >= 0.3 is 0 Å². The number of aryl methyl sites for hydroxylation is 2. The van der Waals surface area contributed by atoms with Gasteiger partial charge in [0, 0.05) is 18.8 Å². The molecule has 1 aromatic rings. The molecule has 0 atom stereocenters. The van der Waals surface area contributed by atoms with E-state index in [0.29, 0.717) is 23.9 Å². The summed E-state index contributed by atoms with van der Waals surface area (Å²) in [6, 6.07) is 0. The van der Waals surface area contributed by atoms with Crippen molar-refractivity contribution in [3.8, 4) is 0 Å². The maximum Gasteiger partial charge on any atom is 0.289 e. The number of halogens is 1. The average molecular weight is 317 g/mol. The molecule has 1 rings (SSSR count). The fourth-order valence-corrected chi connectivity index (χ4v) is 2.82. The van der Waals surface area contributed by atoms with Crippen LogP contribution >= 0.6 is 15.9 Å². The number of oxazole rings is 1. The van der Waals surface area contributed by atoms with Crippen LogP contribution in [0.25, 0.3) is 0 Å². The highest BCUT2D eigenvalue weighted by atomic mass is 79.9. The van der Waals surface area contributed by atoms with Crippen LogP contribution in [0.4, 0.5) is 0 Å². The molecule has 0 unspecified atom stereocenters. The number of nitrogens with zero attached hydrogens (tertiary/aromatic N) is 1. The van der Waals surface area contributed by atoms with E-state index in [1.165, 1.54) is 0 Å². The minimum atomic E-state index is -0.180. The Hall–Kier alpha value is -0.840. The standard InChI is InChI=1S/C13H21BrN2O2/c1-5-13(6-2,7-14)8-15-12(17)11-9(3)16-10(4)18-11/h5-8H2,1-4H3,(H,15,17). The molecule has 1 aromatic heterocycles. The Morgan fingerprint density at radius 1 is 1.39 bits per heavy atom. The predicted molar refractivity (Wildman–Crippen MR) is 75.1 cm³/mol. The third-order valence-corrected chi connectivity index (χ3v) is 4.71. The van der Waals surface area contributed by atoms with Crippen molar-refractivity contribution in [2.24, 2.45) is 5.41 Å². The Morgan fingerprint density at radius 3 is 2.39 bits per heavy atom. The van der Waals surface area contributed by atoms with Gasteiger partial charge in [0.15, 0.2) is 5.89 Å². The van der Waals surface area contributed by atoms with Gasteiger partial charge in [-0.05, 0) is 25.2 Å². The topological polar surface area (TPSA) is 55.1 Å². The van der Waals surface area contributed by atoms with E-state index in [-0.39, 0.29) is 11.3 Å². The molecule has 1 heterocycles. The van der Waals surface area contributed by atoms with Gasteiger partial charge in [0.1, 0.15) is 0 Å². The normalized spacial score (nSPS) is 11.6. The summed E-state index contributed by atoms with van der Waals surface area (Å²) >= 11 is 3.53. The second kappa shape index (κ2) is 6.36. The first-order chi connectivity index (χ1) is 8.48. The van der Waals surface area contributed by atoms with E-state index >= 15 is 0 Å². The Morgan fingerprint density at radius 2 is 2.00 bits per heavy atom. The molecule has 0 saturated carbocycles. The molecular weight excluding hydrogens is 296 g/mol. The summed E-state index contributed by atoms with van der Waals surface area (Å²) in [5.41, 5.74) is 0.751. The quantitative estimate of drug-likeness (QED) is 0.820. The number of alkyl halides is 1. The number of rotatable bonds is 6. The van der Waals surface area contributed by atoms with Crippen LogP contribution in [0.15, 0.2) is 4.42 Å². The van der Waals surface area contributed by atoms with Gasteiger partial charge in [-0.25, -0.2) is 4.98 Å². The summed E-state index contributed by atoms with van der Waals surface area (Å²) in [6.07, 6.45) is 2.03. The molecule has 0 aliphatic rings. The molecule has 18 heavy (non-hydrogen) atoms. The predicted octanol–water partition coefficient (Wildman–Crippen LogP) is 3.22. The minimum absolute atomic E-state index is 0.110. The van der Waals surface area contributed by atoms with Crippen molar-refractivity contribution in [3.63, 3.8) is 0 Å². The third kappa shape index (κ3) is 3.34. The Kier molecular flexibility index (Phi) is 5.38. The Bertz CT molecular complexity index is 403. The first kappa shape index (κ1) is 15.2. The van der Waals surface area contributed by atoms with Gasteiger partial charge in [0.25, 0.3) is 5.91 Å². The summed E-state index contributed by atoms with van der Waals surface area (Å²) in [4.78, 5) is 16.1. The lowest BCUT2D eigenvalue weighted by atomic mass is 9.84. The first-order valence-corrected chi connectivity index (χ1v) is 7.38. The van der Waals surface area contributed by atoms with Crippen molar-refractivity contribution in [1.29, 1.82) is 0 Å². The van der Waals surface area contributed by atoms with Crippen LogP contribution in [-0.2, 0) is 0 Å². The molecule has 1 amide bonds. The Balaban J connectivity index is 2.69. The molecule has 0 spiro atoms. The first-order valence-electron chi connectivity index (χ1n) is 6.26. The van der Waals surface area contributed by atoms with Crippen LogP contribution in [-0.4, -0.2) is 22.8 Å². The summed E-state index contributed by atoms with van der Waals surface area (Å²) in [5.74, 6) is 0.666. The average Bonchev–Trinajstić information content (AvgIpc) is 2.70. The zero-order valence-corrected chi connectivity index (χ0v) is 13.1. The Labute approximate surface area is 117 Å². The molecule has 0 saturated heterocycles. The maximum absolute atomic E-state index is 12.0. The van der Waals surface area contributed by atoms with Crippen LogP contribution in [0.2, 0.25) is 0 Å². The lowest BCUT2D eigenvalue weighted by Crippen LogP contribution is -2.38. The lowest BCUT2D eigenvalue weighted by Gasteiger charge is -2.29. The number of hydrogen-bond donors (Lipinski definition) is 1. The van der Waals surface area contributed by atoms with E-state index in [4.69, 9.17) is 4.42 Å². The number of amides is 1. The molecule has 0 aliphatic carbocycles. The van der Waals surface area contributed by atoms with Crippen molar-refractivity contribution in [2.75, 3.05) is 11.9 Å². The van der Waals surface area contributed by atoms with Gasteiger partial charge in [0.2, 0.25) is 5.76 Å². The van der Waals surface area contributed by atoms with Gasteiger partial charge in [0.05, 0.1) is 5.69 Å². The maximum atomic E-state index is 12.0. The molecule has 0 bridgehead atoms. The monoisotopic (exact) mass is 316 g/mol. The number of aromatic nitrogens is 1. The number of carbonyl (C=O) groups is 1. The highest BCUT2D eigenvalue weighted by Crippen LogP contribution is 2.27. The van der Waals surface area contributed by atoms with E-state index in [1.807, 2.05) is 0 Å². The minimum Gasteiger partial charge on any atom is -0.436 e.